The van der Waals surface area contributed by atoms with E-state index in [1.807, 2.05) is 30.6 Å². The molecule has 0 bridgehead atoms. The Morgan fingerprint density at radius 3 is 2.29 bits per heavy atom. The minimum absolute atomic E-state index is 0.190. The Morgan fingerprint density at radius 1 is 0.941 bits per heavy atom. The fourth-order valence-electron chi connectivity index (χ4n) is 1.67. The summed E-state index contributed by atoms with van der Waals surface area (Å²) in [6.45, 7) is 0.190. The van der Waals surface area contributed by atoms with Gasteiger partial charge in [0.15, 0.2) is 0 Å². The van der Waals surface area contributed by atoms with Crippen molar-refractivity contribution in [1.29, 1.82) is 0 Å². The van der Waals surface area contributed by atoms with Gasteiger partial charge in [-0.1, -0.05) is 30.3 Å². The van der Waals surface area contributed by atoms with Gasteiger partial charge in [-0.15, -0.1) is 0 Å². The number of nitrogens with zero attached hydrogens (tertiary/aromatic N) is 2. The zero-order valence-corrected chi connectivity index (χ0v) is 9.71. The highest BCUT2D eigenvalue weighted by Crippen LogP contribution is 2.07. The van der Waals surface area contributed by atoms with Crippen LogP contribution in [0.1, 0.15) is 23.4 Å². The molecule has 1 N–H and O–H groups in total. The first-order valence-corrected chi connectivity index (χ1v) is 5.83. The minimum Gasteiger partial charge on any atom is -0.396 e. The molecule has 0 aliphatic carbocycles. The topological polar surface area (TPSA) is 46.0 Å². The van der Waals surface area contributed by atoms with Crippen molar-refractivity contribution in [1.82, 2.24) is 9.97 Å². The molecule has 2 aromatic rings. The molecule has 0 unspecified atom stereocenters. The highest BCUT2D eigenvalue weighted by molar-refractivity contribution is 5.22. The van der Waals surface area contributed by atoms with Crippen LogP contribution in [0, 0.1) is 0 Å². The summed E-state index contributed by atoms with van der Waals surface area (Å²) in [5.74, 6) is 0.802. The van der Waals surface area contributed by atoms with Crippen LogP contribution >= 0.6 is 0 Å². The summed E-state index contributed by atoms with van der Waals surface area (Å²) in [6.07, 6.45) is 6.06. The van der Waals surface area contributed by atoms with E-state index in [9.17, 15) is 0 Å². The van der Waals surface area contributed by atoms with Crippen molar-refractivity contribution < 1.29 is 5.11 Å². The average Bonchev–Trinajstić information content (AvgIpc) is 2.39. The molecule has 3 heteroatoms. The van der Waals surface area contributed by atoms with E-state index in [1.165, 1.54) is 5.56 Å². The highest BCUT2D eigenvalue weighted by atomic mass is 16.2. The summed E-state index contributed by atoms with van der Waals surface area (Å²) in [6, 6.07) is 10.3. The van der Waals surface area contributed by atoms with Gasteiger partial charge in [-0.3, -0.25) is 0 Å². The normalized spacial score (nSPS) is 10.4. The molecule has 17 heavy (non-hydrogen) atoms. The molecule has 0 atom stereocenters. The molecule has 88 valence electrons. The second kappa shape index (κ2) is 6.11. The van der Waals surface area contributed by atoms with E-state index in [1.54, 1.807) is 0 Å². The van der Waals surface area contributed by atoms with Crippen LogP contribution in [0.15, 0.2) is 42.7 Å². The van der Waals surface area contributed by atoms with Gasteiger partial charge in [-0.25, -0.2) is 9.97 Å². The zero-order chi connectivity index (χ0) is 11.9. The van der Waals surface area contributed by atoms with Crippen LogP contribution in [0.25, 0.3) is 0 Å². The lowest BCUT2D eigenvalue weighted by molar-refractivity contribution is 0.287. The zero-order valence-electron chi connectivity index (χ0n) is 9.71. The number of aryl methyl sites for hydroxylation is 1. The van der Waals surface area contributed by atoms with Crippen molar-refractivity contribution >= 4 is 0 Å². The largest absolute Gasteiger partial charge is 0.396 e. The summed E-state index contributed by atoms with van der Waals surface area (Å²) in [4.78, 5) is 8.58. The summed E-state index contributed by atoms with van der Waals surface area (Å²) in [5, 5.41) is 8.72. The molecular weight excluding hydrogens is 212 g/mol. The first-order chi connectivity index (χ1) is 8.38. The van der Waals surface area contributed by atoms with Gasteiger partial charge < -0.3 is 5.11 Å². The van der Waals surface area contributed by atoms with Gasteiger partial charge in [0.2, 0.25) is 0 Å². The molecule has 0 fully saturated rings. The SMILES string of the molecule is OCCCc1ncc(Cc2ccccc2)cn1. The van der Waals surface area contributed by atoms with E-state index in [0.29, 0.717) is 0 Å². The number of hydrogen-bond donors (Lipinski definition) is 1. The lowest BCUT2D eigenvalue weighted by atomic mass is 10.1. The number of aliphatic hydroxyl groups excluding tert-OH is 1. The highest BCUT2D eigenvalue weighted by Gasteiger charge is 1.99. The van der Waals surface area contributed by atoms with Gasteiger partial charge >= 0.3 is 0 Å². The van der Waals surface area contributed by atoms with Crippen LogP contribution in [0.4, 0.5) is 0 Å². The number of hydrogen-bond acceptors (Lipinski definition) is 3. The number of aromatic nitrogens is 2. The predicted octanol–water partition coefficient (Wildman–Crippen LogP) is 1.99. The molecule has 0 spiro atoms. The summed E-state index contributed by atoms with van der Waals surface area (Å²) in [7, 11) is 0. The fraction of sp³-hybridized carbons (Fsp3) is 0.286. The van der Waals surface area contributed by atoms with Gasteiger partial charge in [0.1, 0.15) is 5.82 Å². The Balaban J connectivity index is 1.98. The lowest BCUT2D eigenvalue weighted by Gasteiger charge is -2.02. The van der Waals surface area contributed by atoms with Gasteiger partial charge in [-0.2, -0.15) is 0 Å². The fourth-order valence-corrected chi connectivity index (χ4v) is 1.67. The van der Waals surface area contributed by atoms with Crippen LogP contribution in [0.2, 0.25) is 0 Å². The van der Waals surface area contributed by atoms with Crippen LogP contribution in [-0.2, 0) is 12.8 Å². The molecule has 1 heterocycles. The molecule has 0 saturated carbocycles. The van der Waals surface area contributed by atoms with Crippen molar-refractivity contribution in [3.8, 4) is 0 Å². The average molecular weight is 228 g/mol. The lowest BCUT2D eigenvalue weighted by Crippen LogP contribution is -1.98. The van der Waals surface area contributed by atoms with Crippen LogP contribution in [0.3, 0.4) is 0 Å². The molecule has 0 aliphatic rings. The third-order valence-corrected chi connectivity index (χ3v) is 2.57. The third kappa shape index (κ3) is 3.64. The maximum absolute atomic E-state index is 8.72. The van der Waals surface area contributed by atoms with Crippen LogP contribution in [0.5, 0.6) is 0 Å². The molecule has 1 aromatic heterocycles. The van der Waals surface area contributed by atoms with Crippen molar-refractivity contribution in [2.45, 2.75) is 19.3 Å². The molecular formula is C14H16N2O. The van der Waals surface area contributed by atoms with Gasteiger partial charge in [0.25, 0.3) is 0 Å². The Hall–Kier alpha value is -1.74. The van der Waals surface area contributed by atoms with Crippen molar-refractivity contribution in [3.63, 3.8) is 0 Å². The summed E-state index contributed by atoms with van der Waals surface area (Å²) >= 11 is 0. The first-order valence-electron chi connectivity index (χ1n) is 5.83. The summed E-state index contributed by atoms with van der Waals surface area (Å²) in [5.41, 5.74) is 2.38. The molecule has 0 aliphatic heterocycles. The summed E-state index contributed by atoms with van der Waals surface area (Å²) < 4.78 is 0. The Labute approximate surface area is 101 Å². The van der Waals surface area contributed by atoms with E-state index >= 15 is 0 Å². The monoisotopic (exact) mass is 228 g/mol. The van der Waals surface area contributed by atoms with E-state index < -0.39 is 0 Å². The van der Waals surface area contributed by atoms with Gasteiger partial charge in [0, 0.05) is 31.8 Å². The maximum Gasteiger partial charge on any atom is 0.128 e. The molecule has 1 aromatic carbocycles. The van der Waals surface area contributed by atoms with Gasteiger partial charge in [0.05, 0.1) is 0 Å². The van der Waals surface area contributed by atoms with E-state index in [-0.39, 0.29) is 6.61 Å². The van der Waals surface area contributed by atoms with Crippen LogP contribution in [-0.4, -0.2) is 21.7 Å². The second-order valence-corrected chi connectivity index (χ2v) is 4.00. The molecule has 3 nitrogen and oxygen atoms in total. The molecule has 2 rings (SSSR count). The smallest absolute Gasteiger partial charge is 0.128 e. The van der Waals surface area contributed by atoms with Crippen LogP contribution < -0.4 is 0 Å². The van der Waals surface area contributed by atoms with Crippen molar-refractivity contribution in [3.05, 3.63) is 59.7 Å². The third-order valence-electron chi connectivity index (χ3n) is 2.57. The first kappa shape index (κ1) is 11.7. The minimum atomic E-state index is 0.190. The molecule has 0 saturated heterocycles. The number of rotatable bonds is 5. The van der Waals surface area contributed by atoms with Gasteiger partial charge in [-0.05, 0) is 17.5 Å². The van der Waals surface area contributed by atoms with Crippen molar-refractivity contribution in [2.75, 3.05) is 6.61 Å². The Kier molecular flexibility index (Phi) is 4.22. The van der Waals surface area contributed by atoms with Crippen molar-refractivity contribution in [2.24, 2.45) is 0 Å². The van der Waals surface area contributed by atoms with E-state index in [0.717, 1.165) is 30.7 Å². The number of aliphatic hydroxyl groups is 1. The van der Waals surface area contributed by atoms with E-state index in [4.69, 9.17) is 5.11 Å². The number of benzene rings is 1. The maximum atomic E-state index is 8.72. The second-order valence-electron chi connectivity index (χ2n) is 4.00. The predicted molar refractivity (Wildman–Crippen MR) is 66.7 cm³/mol. The van der Waals surface area contributed by atoms with E-state index in [2.05, 4.69) is 22.1 Å². The standard InChI is InChI=1S/C14H16N2O/c17-8-4-7-14-15-10-13(11-16-14)9-12-5-2-1-3-6-12/h1-3,5-6,10-11,17H,4,7-9H2. The Bertz CT molecular complexity index is 440. The quantitative estimate of drug-likeness (QED) is 0.851. The molecule has 0 amide bonds. The Morgan fingerprint density at radius 2 is 1.65 bits per heavy atom. The molecule has 0 radical (unpaired) electrons.